The molecule has 0 aliphatic rings. The zero-order valence-electron chi connectivity index (χ0n) is 26.5. The van der Waals surface area contributed by atoms with E-state index in [9.17, 15) is 45.5 Å². The number of nitrogens with one attached hydrogen (secondary N) is 2. The number of aryl methyl sites for hydroxylation is 2. The van der Waals surface area contributed by atoms with Gasteiger partial charge in [-0.05, 0) is 54.3 Å². The van der Waals surface area contributed by atoms with Crippen LogP contribution in [0.4, 0.5) is 26.3 Å². The fourth-order valence-electron chi connectivity index (χ4n) is 5.22. The summed E-state index contributed by atoms with van der Waals surface area (Å²) in [5.41, 5.74) is -0.948. The van der Waals surface area contributed by atoms with Crippen molar-refractivity contribution in [2.45, 2.75) is 38.0 Å². The highest BCUT2D eigenvalue weighted by atomic mass is 35.5. The number of nitrogens with zero attached hydrogens (tertiary/aromatic N) is 2. The minimum Gasteiger partial charge on any atom is -0.294 e. The Labute approximate surface area is 299 Å². The SMILES string of the molecule is O=C(CCc1cccc(C(F)(F)F)c1)c1ccc2c(=O)[nH]nc(Cl)c2c1.O=C(CCc1cccc(C(F)(F)F)c1)c1ccc2c(Cl)n[nH]c(=O)c2c1. The maximum absolute atomic E-state index is 12.7. The molecule has 8 nitrogen and oxygen atoms in total. The van der Waals surface area contributed by atoms with Gasteiger partial charge in [-0.15, -0.1) is 0 Å². The summed E-state index contributed by atoms with van der Waals surface area (Å²) in [6.07, 6.45) is -8.47. The van der Waals surface area contributed by atoms with Gasteiger partial charge in [-0.3, -0.25) is 19.2 Å². The van der Waals surface area contributed by atoms with E-state index in [-0.39, 0.29) is 58.5 Å². The highest BCUT2D eigenvalue weighted by molar-refractivity contribution is 6.34. The number of aromatic nitrogens is 4. The minimum atomic E-state index is -4.42. The number of carbonyl (C=O) groups is 2. The van der Waals surface area contributed by atoms with Gasteiger partial charge in [0.05, 0.1) is 21.9 Å². The van der Waals surface area contributed by atoms with Crippen LogP contribution in [0.5, 0.6) is 0 Å². The number of hydrogen-bond donors (Lipinski definition) is 2. The monoisotopic (exact) mass is 760 g/mol. The summed E-state index contributed by atoms with van der Waals surface area (Å²) in [6, 6.07) is 18.6. The first-order valence-corrected chi connectivity index (χ1v) is 16.0. The molecule has 2 N–H and O–H groups in total. The van der Waals surface area contributed by atoms with Gasteiger partial charge in [0.1, 0.15) is 0 Å². The standard InChI is InChI=1S/2C18H12ClF3N2O2/c19-16-14-9-11(5-6-13(14)17(26)24-23-16)15(25)7-4-10-2-1-3-12(8-10)18(20,21)22;19-16-13-6-5-11(9-14(13)17(26)24-23-16)15(25)7-4-10-2-1-3-12(8-10)18(20,21)22/h2*1-3,5-6,8-9H,4,7H2,(H,24,26). The van der Waals surface area contributed by atoms with Crippen LogP contribution >= 0.6 is 23.2 Å². The van der Waals surface area contributed by atoms with Gasteiger partial charge in [0.15, 0.2) is 21.9 Å². The lowest BCUT2D eigenvalue weighted by Gasteiger charge is -2.08. The van der Waals surface area contributed by atoms with Gasteiger partial charge in [0.25, 0.3) is 11.1 Å². The predicted molar refractivity (Wildman–Crippen MR) is 183 cm³/mol. The lowest BCUT2D eigenvalue weighted by Crippen LogP contribution is -2.10. The normalized spacial score (nSPS) is 11.7. The van der Waals surface area contributed by atoms with Gasteiger partial charge >= 0.3 is 12.4 Å². The van der Waals surface area contributed by atoms with Crippen LogP contribution in [0.15, 0.2) is 94.5 Å². The molecule has 0 amide bonds. The quantitative estimate of drug-likeness (QED) is 0.118. The third-order valence-electron chi connectivity index (χ3n) is 7.92. The molecule has 52 heavy (non-hydrogen) atoms. The highest BCUT2D eigenvalue weighted by Gasteiger charge is 2.31. The van der Waals surface area contributed by atoms with Crippen molar-refractivity contribution in [3.63, 3.8) is 0 Å². The van der Waals surface area contributed by atoms with E-state index < -0.39 is 34.6 Å². The number of Topliss-reactive ketones (excluding diaryl/α,β-unsaturated/α-hetero) is 2. The van der Waals surface area contributed by atoms with Crippen molar-refractivity contribution < 1.29 is 35.9 Å². The Morgan fingerprint density at radius 1 is 0.558 bits per heavy atom. The number of hydrogen-bond acceptors (Lipinski definition) is 6. The molecule has 0 aliphatic heterocycles. The molecule has 0 atom stereocenters. The molecule has 0 spiro atoms. The number of alkyl halides is 6. The average molecular weight is 762 g/mol. The summed E-state index contributed by atoms with van der Waals surface area (Å²) in [5, 5.41) is 13.2. The van der Waals surface area contributed by atoms with Crippen LogP contribution in [0.1, 0.15) is 55.8 Å². The molecule has 6 aromatic rings. The summed E-state index contributed by atoms with van der Waals surface area (Å²) in [7, 11) is 0. The molecule has 4 aromatic carbocycles. The number of carbonyl (C=O) groups excluding carboxylic acids is 2. The van der Waals surface area contributed by atoms with E-state index in [1.54, 1.807) is 12.1 Å². The van der Waals surface area contributed by atoms with E-state index in [2.05, 4.69) is 20.4 Å². The second-order valence-electron chi connectivity index (χ2n) is 11.5. The molecule has 0 radical (unpaired) electrons. The van der Waals surface area contributed by atoms with Crippen molar-refractivity contribution in [1.29, 1.82) is 0 Å². The maximum Gasteiger partial charge on any atom is 0.416 e. The number of halogens is 8. The molecule has 2 aromatic heterocycles. The molecule has 0 fully saturated rings. The van der Waals surface area contributed by atoms with Crippen LogP contribution in [0.2, 0.25) is 10.3 Å². The molecule has 0 saturated heterocycles. The van der Waals surface area contributed by atoms with Crippen LogP contribution in [0.3, 0.4) is 0 Å². The van der Waals surface area contributed by atoms with Crippen molar-refractivity contribution in [2.24, 2.45) is 0 Å². The Hall–Kier alpha value is -5.34. The van der Waals surface area contributed by atoms with E-state index in [0.29, 0.717) is 32.8 Å². The summed E-state index contributed by atoms with van der Waals surface area (Å²) < 4.78 is 76.4. The van der Waals surface area contributed by atoms with E-state index in [0.717, 1.165) is 24.3 Å². The molecule has 0 aliphatic carbocycles. The number of ketones is 2. The zero-order chi connectivity index (χ0) is 37.8. The zero-order valence-corrected chi connectivity index (χ0v) is 28.0. The number of H-pyrrole nitrogens is 2. The van der Waals surface area contributed by atoms with Gasteiger partial charge in [-0.25, -0.2) is 10.2 Å². The predicted octanol–water partition coefficient (Wildman–Crippen LogP) is 8.82. The second-order valence-corrected chi connectivity index (χ2v) is 12.2. The van der Waals surface area contributed by atoms with Crippen LogP contribution in [-0.2, 0) is 25.2 Å². The van der Waals surface area contributed by atoms with Crippen molar-refractivity contribution in [3.8, 4) is 0 Å². The van der Waals surface area contributed by atoms with Crippen molar-refractivity contribution >= 4 is 56.3 Å². The summed E-state index contributed by atoms with van der Waals surface area (Å²) in [5.74, 6) is -0.544. The maximum atomic E-state index is 12.7. The van der Waals surface area contributed by atoms with E-state index in [1.165, 1.54) is 48.5 Å². The number of aromatic amines is 2. The Morgan fingerprint density at radius 3 is 1.46 bits per heavy atom. The summed E-state index contributed by atoms with van der Waals surface area (Å²) >= 11 is 11.8. The third kappa shape index (κ3) is 9.11. The van der Waals surface area contributed by atoms with Crippen LogP contribution in [-0.4, -0.2) is 32.0 Å². The third-order valence-corrected chi connectivity index (χ3v) is 8.49. The number of fused-ring (bicyclic) bond motifs is 2. The van der Waals surface area contributed by atoms with Crippen molar-refractivity contribution in [2.75, 3.05) is 0 Å². The van der Waals surface area contributed by atoms with Gasteiger partial charge < -0.3 is 0 Å². The molecule has 268 valence electrons. The number of rotatable bonds is 8. The van der Waals surface area contributed by atoms with Gasteiger partial charge in [0, 0.05) is 34.7 Å². The molecule has 0 saturated carbocycles. The van der Waals surface area contributed by atoms with Crippen LogP contribution < -0.4 is 11.1 Å². The van der Waals surface area contributed by atoms with Crippen molar-refractivity contribution in [3.05, 3.63) is 149 Å². The Balaban J connectivity index is 0.000000201. The average Bonchev–Trinajstić information content (AvgIpc) is 3.12. The van der Waals surface area contributed by atoms with Gasteiger partial charge in [0.2, 0.25) is 0 Å². The Bertz CT molecular complexity index is 2430. The fraction of sp³-hybridized carbons (Fsp3) is 0.167. The molecule has 16 heteroatoms. The molecule has 6 rings (SSSR count). The Morgan fingerprint density at radius 2 is 0.981 bits per heavy atom. The fourth-order valence-corrected chi connectivity index (χ4v) is 5.63. The summed E-state index contributed by atoms with van der Waals surface area (Å²) in [4.78, 5) is 48.2. The molecular weight excluding hydrogens is 737 g/mol. The van der Waals surface area contributed by atoms with Crippen molar-refractivity contribution in [1.82, 2.24) is 20.4 Å². The van der Waals surface area contributed by atoms with E-state index in [1.807, 2.05) is 0 Å². The second kappa shape index (κ2) is 15.5. The first-order chi connectivity index (χ1) is 24.5. The van der Waals surface area contributed by atoms with Gasteiger partial charge in [-0.1, -0.05) is 77.8 Å². The molecule has 0 bridgehead atoms. The van der Waals surface area contributed by atoms with Crippen LogP contribution in [0.25, 0.3) is 21.5 Å². The topological polar surface area (TPSA) is 126 Å². The highest BCUT2D eigenvalue weighted by Crippen LogP contribution is 2.31. The lowest BCUT2D eigenvalue weighted by molar-refractivity contribution is -0.138. The first kappa shape index (κ1) is 37.9. The molecular formula is C36H24Cl2F6N4O4. The smallest absolute Gasteiger partial charge is 0.294 e. The first-order valence-electron chi connectivity index (χ1n) is 15.3. The largest absolute Gasteiger partial charge is 0.416 e. The Kier molecular flexibility index (Phi) is 11.3. The lowest BCUT2D eigenvalue weighted by atomic mass is 10.00. The molecule has 2 heterocycles. The molecule has 0 unspecified atom stereocenters. The minimum absolute atomic E-state index is 0.0174. The summed E-state index contributed by atoms with van der Waals surface area (Å²) in [6.45, 7) is 0. The van der Waals surface area contributed by atoms with E-state index >= 15 is 0 Å². The number of benzene rings is 4. The van der Waals surface area contributed by atoms with Crippen LogP contribution in [0, 0.1) is 0 Å². The van der Waals surface area contributed by atoms with Gasteiger partial charge in [-0.2, -0.15) is 36.5 Å². The van der Waals surface area contributed by atoms with E-state index in [4.69, 9.17) is 23.2 Å².